The van der Waals surface area contributed by atoms with Crippen molar-refractivity contribution in [3.63, 3.8) is 0 Å². The molecule has 0 aliphatic rings. The standard InChI is InChI=1S/C26H25N3O2/c1-17-6-5-7-20(16-17)23(30)27-22-14-10-19(11-15-22)25-29-28-24(31-25)18-8-12-21(13-9-18)26(2,3)4/h5-16H,1-4H3,(H,27,30). The van der Waals surface area contributed by atoms with Gasteiger partial charge in [-0.05, 0) is 66.4 Å². The van der Waals surface area contributed by atoms with Gasteiger partial charge < -0.3 is 9.73 Å². The lowest BCUT2D eigenvalue weighted by Gasteiger charge is -2.18. The molecule has 0 saturated heterocycles. The van der Waals surface area contributed by atoms with Crippen LogP contribution in [0.25, 0.3) is 22.9 Å². The lowest BCUT2D eigenvalue weighted by Crippen LogP contribution is -2.11. The van der Waals surface area contributed by atoms with Crippen molar-refractivity contribution in [2.24, 2.45) is 0 Å². The van der Waals surface area contributed by atoms with Crippen LogP contribution in [-0.4, -0.2) is 16.1 Å². The molecule has 0 saturated carbocycles. The van der Waals surface area contributed by atoms with Gasteiger partial charge in [0.1, 0.15) is 0 Å². The summed E-state index contributed by atoms with van der Waals surface area (Å²) in [5.74, 6) is 0.772. The van der Waals surface area contributed by atoms with Crippen molar-refractivity contribution in [1.29, 1.82) is 0 Å². The molecule has 1 N–H and O–H groups in total. The summed E-state index contributed by atoms with van der Waals surface area (Å²) in [6.45, 7) is 8.50. The van der Waals surface area contributed by atoms with Gasteiger partial charge in [0.05, 0.1) is 0 Å². The predicted octanol–water partition coefficient (Wildman–Crippen LogP) is 6.26. The maximum absolute atomic E-state index is 12.4. The zero-order valence-corrected chi connectivity index (χ0v) is 18.1. The van der Waals surface area contributed by atoms with E-state index in [0.29, 0.717) is 23.0 Å². The van der Waals surface area contributed by atoms with Gasteiger partial charge in [-0.15, -0.1) is 10.2 Å². The van der Waals surface area contributed by atoms with E-state index < -0.39 is 0 Å². The number of nitrogens with one attached hydrogen (secondary N) is 1. The molecule has 4 rings (SSSR count). The van der Waals surface area contributed by atoms with Gasteiger partial charge in [0.25, 0.3) is 5.91 Å². The number of hydrogen-bond donors (Lipinski definition) is 1. The van der Waals surface area contributed by atoms with Crippen molar-refractivity contribution >= 4 is 11.6 Å². The van der Waals surface area contributed by atoms with Crippen LogP contribution in [0.15, 0.2) is 77.2 Å². The molecule has 1 heterocycles. The normalized spacial score (nSPS) is 11.4. The van der Waals surface area contributed by atoms with Crippen molar-refractivity contribution in [2.45, 2.75) is 33.1 Å². The predicted molar refractivity (Wildman–Crippen MR) is 123 cm³/mol. The first-order valence-corrected chi connectivity index (χ1v) is 10.2. The number of hydrogen-bond acceptors (Lipinski definition) is 4. The third kappa shape index (κ3) is 4.72. The Balaban J connectivity index is 1.47. The van der Waals surface area contributed by atoms with E-state index in [1.807, 2.05) is 61.5 Å². The molecule has 4 aromatic rings. The molecule has 1 aromatic heterocycles. The quantitative estimate of drug-likeness (QED) is 0.430. The fourth-order valence-corrected chi connectivity index (χ4v) is 3.26. The SMILES string of the molecule is Cc1cccc(C(=O)Nc2ccc(-c3nnc(-c4ccc(C(C)(C)C)cc4)o3)cc2)c1. The van der Waals surface area contributed by atoms with Crippen LogP contribution in [-0.2, 0) is 5.41 Å². The lowest BCUT2D eigenvalue weighted by atomic mass is 9.87. The molecule has 5 heteroatoms. The van der Waals surface area contributed by atoms with Crippen molar-refractivity contribution in [1.82, 2.24) is 10.2 Å². The number of aryl methyl sites for hydroxylation is 1. The molecular formula is C26H25N3O2. The minimum atomic E-state index is -0.143. The van der Waals surface area contributed by atoms with Crippen LogP contribution in [0.1, 0.15) is 42.3 Å². The van der Waals surface area contributed by atoms with Crippen molar-refractivity contribution < 1.29 is 9.21 Å². The molecule has 0 aliphatic carbocycles. The molecule has 0 atom stereocenters. The van der Waals surface area contributed by atoms with Gasteiger partial charge in [-0.2, -0.15) is 0 Å². The van der Waals surface area contributed by atoms with Gasteiger partial charge in [-0.25, -0.2) is 0 Å². The van der Waals surface area contributed by atoms with Gasteiger partial charge in [0.2, 0.25) is 11.8 Å². The summed E-state index contributed by atoms with van der Waals surface area (Å²) in [5.41, 5.74) is 5.39. The minimum Gasteiger partial charge on any atom is -0.416 e. The highest BCUT2D eigenvalue weighted by Crippen LogP contribution is 2.28. The molecule has 5 nitrogen and oxygen atoms in total. The number of aromatic nitrogens is 2. The van der Waals surface area contributed by atoms with Crippen LogP contribution in [0.2, 0.25) is 0 Å². The van der Waals surface area contributed by atoms with Crippen LogP contribution in [0.4, 0.5) is 5.69 Å². The largest absolute Gasteiger partial charge is 0.416 e. The fourth-order valence-electron chi connectivity index (χ4n) is 3.26. The van der Waals surface area contributed by atoms with Crippen molar-refractivity contribution in [2.75, 3.05) is 5.32 Å². The topological polar surface area (TPSA) is 68.0 Å². The summed E-state index contributed by atoms with van der Waals surface area (Å²) in [6.07, 6.45) is 0. The Morgan fingerprint density at radius 2 is 1.42 bits per heavy atom. The van der Waals surface area contributed by atoms with E-state index in [1.165, 1.54) is 5.56 Å². The van der Waals surface area contributed by atoms with E-state index >= 15 is 0 Å². The summed E-state index contributed by atoms with van der Waals surface area (Å²) in [7, 11) is 0. The van der Waals surface area contributed by atoms with E-state index in [9.17, 15) is 4.79 Å². The first-order valence-electron chi connectivity index (χ1n) is 10.2. The van der Waals surface area contributed by atoms with Crippen LogP contribution >= 0.6 is 0 Å². The minimum absolute atomic E-state index is 0.0923. The molecule has 0 aliphatic heterocycles. The molecule has 0 radical (unpaired) electrons. The average molecular weight is 412 g/mol. The average Bonchev–Trinajstić information content (AvgIpc) is 3.24. The highest BCUT2D eigenvalue weighted by atomic mass is 16.4. The third-order valence-electron chi connectivity index (χ3n) is 5.09. The fraction of sp³-hybridized carbons (Fsp3) is 0.192. The summed E-state index contributed by atoms with van der Waals surface area (Å²) < 4.78 is 5.88. The van der Waals surface area contributed by atoms with E-state index in [1.54, 1.807) is 6.07 Å². The summed E-state index contributed by atoms with van der Waals surface area (Å²) in [5, 5.41) is 11.3. The highest BCUT2D eigenvalue weighted by Gasteiger charge is 2.15. The van der Waals surface area contributed by atoms with E-state index in [4.69, 9.17) is 4.42 Å². The molecule has 0 unspecified atom stereocenters. The maximum atomic E-state index is 12.4. The summed E-state index contributed by atoms with van der Waals surface area (Å²) in [6, 6.07) is 23.0. The molecule has 1 amide bonds. The van der Waals surface area contributed by atoms with Crippen molar-refractivity contribution in [3.8, 4) is 22.9 Å². The van der Waals surface area contributed by atoms with Crippen LogP contribution in [0.3, 0.4) is 0 Å². The van der Waals surface area contributed by atoms with Gasteiger partial charge >= 0.3 is 0 Å². The number of rotatable bonds is 4. The molecule has 0 bridgehead atoms. The number of amides is 1. The van der Waals surface area contributed by atoms with Gasteiger partial charge in [0, 0.05) is 22.4 Å². The van der Waals surface area contributed by atoms with Crippen molar-refractivity contribution in [3.05, 3.63) is 89.5 Å². The number of carbonyl (C=O) groups excluding carboxylic acids is 1. The second kappa shape index (κ2) is 8.19. The summed E-state index contributed by atoms with van der Waals surface area (Å²) in [4.78, 5) is 12.4. The van der Waals surface area contributed by atoms with Crippen LogP contribution in [0, 0.1) is 6.92 Å². The van der Waals surface area contributed by atoms with E-state index in [2.05, 4.69) is 48.4 Å². The number of benzene rings is 3. The zero-order chi connectivity index (χ0) is 22.0. The molecular weight excluding hydrogens is 386 g/mol. The molecule has 3 aromatic carbocycles. The Labute approximate surface area is 182 Å². The van der Waals surface area contributed by atoms with E-state index in [-0.39, 0.29) is 11.3 Å². The molecule has 0 spiro atoms. The van der Waals surface area contributed by atoms with Crippen LogP contribution < -0.4 is 5.32 Å². The zero-order valence-electron chi connectivity index (χ0n) is 18.1. The Bertz CT molecular complexity index is 1200. The summed E-state index contributed by atoms with van der Waals surface area (Å²) >= 11 is 0. The van der Waals surface area contributed by atoms with Gasteiger partial charge in [0.15, 0.2) is 0 Å². The Kier molecular flexibility index (Phi) is 5.42. The first-order chi connectivity index (χ1) is 14.8. The Morgan fingerprint density at radius 1 is 0.839 bits per heavy atom. The van der Waals surface area contributed by atoms with Gasteiger partial charge in [-0.1, -0.05) is 50.6 Å². The smallest absolute Gasteiger partial charge is 0.255 e. The number of nitrogens with zero attached hydrogens (tertiary/aromatic N) is 2. The first kappa shape index (κ1) is 20.5. The Morgan fingerprint density at radius 3 is 1.97 bits per heavy atom. The lowest BCUT2D eigenvalue weighted by molar-refractivity contribution is 0.102. The molecule has 0 fully saturated rings. The second-order valence-electron chi connectivity index (χ2n) is 8.64. The second-order valence-corrected chi connectivity index (χ2v) is 8.64. The third-order valence-corrected chi connectivity index (χ3v) is 5.09. The maximum Gasteiger partial charge on any atom is 0.255 e. The highest BCUT2D eigenvalue weighted by molar-refractivity contribution is 6.04. The molecule has 156 valence electrons. The Hall–Kier alpha value is -3.73. The number of carbonyl (C=O) groups is 1. The number of anilines is 1. The monoisotopic (exact) mass is 411 g/mol. The van der Waals surface area contributed by atoms with E-state index in [0.717, 1.165) is 16.7 Å². The molecule has 31 heavy (non-hydrogen) atoms. The van der Waals surface area contributed by atoms with Gasteiger partial charge in [-0.3, -0.25) is 4.79 Å². The van der Waals surface area contributed by atoms with Crippen LogP contribution in [0.5, 0.6) is 0 Å².